The molecular formula is C23H32IN3O2. The first-order valence-corrected chi connectivity index (χ1v) is 10.1. The summed E-state index contributed by atoms with van der Waals surface area (Å²) in [6, 6.07) is 18.5. The van der Waals surface area contributed by atoms with Crippen LogP contribution in [0.2, 0.25) is 0 Å². The van der Waals surface area contributed by atoms with Gasteiger partial charge in [-0.2, -0.15) is 0 Å². The summed E-state index contributed by atoms with van der Waals surface area (Å²) in [6.07, 6.45) is 1.15. The molecule has 2 aromatic carbocycles. The highest BCUT2D eigenvalue weighted by Gasteiger charge is 2.24. The molecule has 0 amide bonds. The third-order valence-corrected chi connectivity index (χ3v) is 4.90. The lowest BCUT2D eigenvalue weighted by molar-refractivity contribution is 0.157. The molecule has 0 aromatic heterocycles. The monoisotopic (exact) mass is 509 g/mol. The van der Waals surface area contributed by atoms with Gasteiger partial charge in [0.05, 0.1) is 13.2 Å². The number of nitrogens with zero attached hydrogens (tertiary/aromatic N) is 2. The van der Waals surface area contributed by atoms with E-state index in [2.05, 4.69) is 35.3 Å². The number of hydrogen-bond acceptors (Lipinski definition) is 3. The summed E-state index contributed by atoms with van der Waals surface area (Å²) in [5, 5.41) is 3.40. The van der Waals surface area contributed by atoms with Gasteiger partial charge in [-0.25, -0.2) is 4.99 Å². The highest BCUT2D eigenvalue weighted by atomic mass is 127. The topological polar surface area (TPSA) is 46.1 Å². The Bertz CT molecular complexity index is 755. The molecule has 5 nitrogen and oxygen atoms in total. The summed E-state index contributed by atoms with van der Waals surface area (Å²) in [4.78, 5) is 7.10. The van der Waals surface area contributed by atoms with Crippen LogP contribution in [-0.4, -0.2) is 57.4 Å². The lowest BCUT2D eigenvalue weighted by Gasteiger charge is -2.21. The quantitative estimate of drug-likeness (QED) is 0.250. The van der Waals surface area contributed by atoms with Crippen molar-refractivity contribution in [1.29, 1.82) is 0 Å². The zero-order valence-corrected chi connectivity index (χ0v) is 19.7. The first-order chi connectivity index (χ1) is 13.8. The van der Waals surface area contributed by atoms with Crippen LogP contribution in [0.3, 0.4) is 0 Å². The van der Waals surface area contributed by atoms with E-state index in [0.717, 1.165) is 55.5 Å². The van der Waals surface area contributed by atoms with Crippen LogP contribution in [-0.2, 0) is 4.74 Å². The van der Waals surface area contributed by atoms with Gasteiger partial charge in [-0.15, -0.1) is 24.0 Å². The average molecular weight is 509 g/mol. The molecule has 1 fully saturated rings. The van der Waals surface area contributed by atoms with Crippen molar-refractivity contribution in [2.75, 3.05) is 46.5 Å². The molecule has 1 aliphatic heterocycles. The van der Waals surface area contributed by atoms with E-state index in [-0.39, 0.29) is 24.0 Å². The third-order valence-electron chi connectivity index (χ3n) is 4.90. The molecule has 1 aliphatic rings. The van der Waals surface area contributed by atoms with Gasteiger partial charge in [0, 0.05) is 38.2 Å². The van der Waals surface area contributed by atoms with Gasteiger partial charge in [0.1, 0.15) is 12.4 Å². The highest BCUT2D eigenvalue weighted by molar-refractivity contribution is 14.0. The van der Waals surface area contributed by atoms with Gasteiger partial charge >= 0.3 is 0 Å². The third kappa shape index (κ3) is 6.89. The number of benzene rings is 2. The molecule has 1 heterocycles. The van der Waals surface area contributed by atoms with E-state index in [1.807, 2.05) is 36.4 Å². The Morgan fingerprint density at radius 1 is 1.14 bits per heavy atom. The SMILES string of the molecule is CCNC(=NCCOc1ccccc1-c1ccccc1)N1CCC(COC)C1.I. The molecule has 29 heavy (non-hydrogen) atoms. The van der Waals surface area contributed by atoms with Crippen LogP contribution in [0.15, 0.2) is 59.6 Å². The second kappa shape index (κ2) is 12.7. The van der Waals surface area contributed by atoms with Gasteiger partial charge in [0.2, 0.25) is 0 Å². The number of nitrogens with one attached hydrogen (secondary N) is 1. The largest absolute Gasteiger partial charge is 0.491 e. The minimum absolute atomic E-state index is 0. The molecule has 1 N–H and O–H groups in total. The lowest BCUT2D eigenvalue weighted by Crippen LogP contribution is -2.40. The fraction of sp³-hybridized carbons (Fsp3) is 0.435. The van der Waals surface area contributed by atoms with Crippen LogP contribution in [0.4, 0.5) is 0 Å². The molecule has 6 heteroatoms. The summed E-state index contributed by atoms with van der Waals surface area (Å²) in [5.74, 6) is 2.46. The van der Waals surface area contributed by atoms with Crippen molar-refractivity contribution < 1.29 is 9.47 Å². The fourth-order valence-corrected chi connectivity index (χ4v) is 3.58. The van der Waals surface area contributed by atoms with Gasteiger partial charge in [-0.1, -0.05) is 48.5 Å². The summed E-state index contributed by atoms with van der Waals surface area (Å²) >= 11 is 0. The number of methoxy groups -OCH3 is 1. The van der Waals surface area contributed by atoms with E-state index < -0.39 is 0 Å². The zero-order chi connectivity index (χ0) is 19.6. The molecule has 3 rings (SSSR count). The Kier molecular flexibility index (Phi) is 10.3. The van der Waals surface area contributed by atoms with Crippen molar-refractivity contribution in [1.82, 2.24) is 10.2 Å². The number of rotatable bonds is 8. The first-order valence-electron chi connectivity index (χ1n) is 10.1. The maximum Gasteiger partial charge on any atom is 0.194 e. The molecule has 0 spiro atoms. The number of guanidine groups is 1. The van der Waals surface area contributed by atoms with Crippen LogP contribution in [0.25, 0.3) is 11.1 Å². The van der Waals surface area contributed by atoms with E-state index >= 15 is 0 Å². The van der Waals surface area contributed by atoms with Crippen molar-refractivity contribution in [3.05, 3.63) is 54.6 Å². The summed E-state index contributed by atoms with van der Waals surface area (Å²) in [5.41, 5.74) is 2.28. The lowest BCUT2D eigenvalue weighted by atomic mass is 10.1. The number of ether oxygens (including phenoxy) is 2. The number of halogens is 1. The van der Waals surface area contributed by atoms with Gasteiger partial charge in [0.25, 0.3) is 0 Å². The first kappa shape index (κ1) is 23.5. The molecule has 2 aromatic rings. The molecular weight excluding hydrogens is 477 g/mol. The van der Waals surface area contributed by atoms with E-state index in [1.165, 1.54) is 0 Å². The molecule has 0 aliphatic carbocycles. The number of para-hydroxylation sites is 1. The molecule has 1 saturated heterocycles. The minimum Gasteiger partial charge on any atom is -0.491 e. The second-order valence-electron chi connectivity index (χ2n) is 7.00. The van der Waals surface area contributed by atoms with E-state index in [4.69, 9.17) is 14.5 Å². The van der Waals surface area contributed by atoms with Crippen molar-refractivity contribution >= 4 is 29.9 Å². The second-order valence-corrected chi connectivity index (χ2v) is 7.00. The Morgan fingerprint density at radius 2 is 1.90 bits per heavy atom. The van der Waals surface area contributed by atoms with Crippen LogP contribution in [0.1, 0.15) is 13.3 Å². The van der Waals surface area contributed by atoms with Crippen LogP contribution in [0, 0.1) is 5.92 Å². The standard InChI is InChI=1S/C23H31N3O2.HI/c1-3-24-23(26-15-13-19(17-26)18-27-2)25-14-16-28-22-12-8-7-11-21(22)20-9-5-4-6-10-20;/h4-12,19H,3,13-18H2,1-2H3,(H,24,25);1H. The summed E-state index contributed by atoms with van der Waals surface area (Å²) in [6.45, 7) is 6.97. The molecule has 1 unspecified atom stereocenters. The molecule has 1 atom stereocenters. The van der Waals surface area contributed by atoms with Crippen LogP contribution >= 0.6 is 24.0 Å². The van der Waals surface area contributed by atoms with Crippen molar-refractivity contribution in [2.45, 2.75) is 13.3 Å². The number of aliphatic imine (C=N–C) groups is 1. The average Bonchev–Trinajstić information content (AvgIpc) is 3.20. The predicted molar refractivity (Wildman–Crippen MR) is 130 cm³/mol. The Labute approximate surface area is 191 Å². The van der Waals surface area contributed by atoms with E-state index in [9.17, 15) is 0 Å². The van der Waals surface area contributed by atoms with Crippen LogP contribution in [0.5, 0.6) is 5.75 Å². The van der Waals surface area contributed by atoms with Crippen molar-refractivity contribution in [3.63, 3.8) is 0 Å². The van der Waals surface area contributed by atoms with Gasteiger partial charge in [-0.05, 0) is 25.0 Å². The minimum atomic E-state index is 0. The van der Waals surface area contributed by atoms with Gasteiger partial charge in [0.15, 0.2) is 5.96 Å². The molecule has 0 saturated carbocycles. The Hall–Kier alpha value is -1.80. The fourth-order valence-electron chi connectivity index (χ4n) is 3.58. The van der Waals surface area contributed by atoms with Crippen molar-refractivity contribution in [2.24, 2.45) is 10.9 Å². The predicted octanol–water partition coefficient (Wildman–Crippen LogP) is 4.28. The molecule has 0 radical (unpaired) electrons. The summed E-state index contributed by atoms with van der Waals surface area (Å²) < 4.78 is 11.4. The smallest absolute Gasteiger partial charge is 0.194 e. The molecule has 158 valence electrons. The Balaban J connectivity index is 0.00000300. The van der Waals surface area contributed by atoms with Gasteiger partial charge < -0.3 is 19.7 Å². The highest BCUT2D eigenvalue weighted by Crippen LogP contribution is 2.29. The summed E-state index contributed by atoms with van der Waals surface area (Å²) in [7, 11) is 1.77. The number of hydrogen-bond donors (Lipinski definition) is 1. The normalized spacial score (nSPS) is 16.4. The Morgan fingerprint density at radius 3 is 2.66 bits per heavy atom. The van der Waals surface area contributed by atoms with E-state index in [0.29, 0.717) is 19.1 Å². The maximum absolute atomic E-state index is 6.07. The number of likely N-dealkylation sites (tertiary alicyclic amines) is 1. The maximum atomic E-state index is 6.07. The van der Waals surface area contributed by atoms with E-state index in [1.54, 1.807) is 7.11 Å². The van der Waals surface area contributed by atoms with Gasteiger partial charge in [-0.3, -0.25) is 0 Å². The van der Waals surface area contributed by atoms with Crippen LogP contribution < -0.4 is 10.1 Å². The zero-order valence-electron chi connectivity index (χ0n) is 17.3. The molecule has 0 bridgehead atoms. The van der Waals surface area contributed by atoms with Crippen molar-refractivity contribution in [3.8, 4) is 16.9 Å².